The number of fused-ring (bicyclic) bond motifs is 6. The Morgan fingerprint density at radius 3 is 2.47 bits per heavy atom. The molecule has 3 saturated carbocycles. The highest BCUT2D eigenvalue weighted by Crippen LogP contribution is 2.48. The minimum absolute atomic E-state index is 0.135. The van der Waals surface area contributed by atoms with Crippen LogP contribution in [0, 0.1) is 17.8 Å². The van der Waals surface area contributed by atoms with Crippen molar-refractivity contribution >= 4 is 33.5 Å². The van der Waals surface area contributed by atoms with Gasteiger partial charge in [0.2, 0.25) is 21.8 Å². The van der Waals surface area contributed by atoms with E-state index in [1.165, 1.54) is 0 Å². The number of benzene rings is 2. The molecule has 4 aliphatic carbocycles. The molecule has 7 rings (SSSR count). The lowest BCUT2D eigenvalue weighted by atomic mass is 9.93. The first-order valence-electron chi connectivity index (χ1n) is 17.8. The van der Waals surface area contributed by atoms with Crippen LogP contribution in [0.15, 0.2) is 47.6 Å². The molecule has 12 heteroatoms. The second-order valence-corrected chi connectivity index (χ2v) is 16.4. The highest BCUT2D eigenvalue weighted by atomic mass is 32.2. The first-order valence-corrected chi connectivity index (χ1v) is 19.4. The third-order valence-corrected chi connectivity index (χ3v) is 12.8. The van der Waals surface area contributed by atoms with E-state index in [2.05, 4.69) is 27.3 Å². The van der Waals surface area contributed by atoms with Crippen LogP contribution in [-0.4, -0.2) is 73.8 Å². The van der Waals surface area contributed by atoms with Crippen molar-refractivity contribution in [1.29, 1.82) is 0 Å². The zero-order chi connectivity index (χ0) is 34.3. The fourth-order valence-electron chi connectivity index (χ4n) is 7.85. The average Bonchev–Trinajstić information content (AvgIpc) is 4.00. The van der Waals surface area contributed by atoms with Gasteiger partial charge in [0.05, 0.1) is 23.7 Å². The summed E-state index contributed by atoms with van der Waals surface area (Å²) in [6.07, 6.45) is 6.83. The van der Waals surface area contributed by atoms with Gasteiger partial charge in [0.1, 0.15) is 23.1 Å². The summed E-state index contributed by atoms with van der Waals surface area (Å²) < 4.78 is 33.7. The summed E-state index contributed by atoms with van der Waals surface area (Å²) in [6, 6.07) is 14.1. The monoisotopic (exact) mass is 690 g/mol. The fraction of sp³-hybridized carbons (Fsp3) is 0.568. The molecule has 2 aromatic rings. The van der Waals surface area contributed by atoms with Crippen LogP contribution < -0.4 is 14.8 Å². The number of nitrogens with zero attached hydrogens (tertiary/aromatic N) is 2. The summed E-state index contributed by atoms with van der Waals surface area (Å²) in [5.41, 5.74) is 3.30. The van der Waals surface area contributed by atoms with Crippen molar-refractivity contribution in [3.63, 3.8) is 0 Å². The Balaban J connectivity index is 1.16. The van der Waals surface area contributed by atoms with Crippen LogP contribution in [0.1, 0.15) is 88.7 Å². The number of hydrogen-bond donors (Lipinski definition) is 2. The molecule has 3 fully saturated rings. The van der Waals surface area contributed by atoms with Gasteiger partial charge >= 0.3 is 0 Å². The summed E-state index contributed by atoms with van der Waals surface area (Å²) in [4.78, 5) is 49.4. The largest absolute Gasteiger partial charge is 0.494 e. The Hall–Kier alpha value is -3.93. The van der Waals surface area contributed by atoms with E-state index in [-0.39, 0.29) is 18.2 Å². The maximum Gasteiger partial charge on any atom is 0.259 e. The van der Waals surface area contributed by atoms with E-state index in [0.29, 0.717) is 51.0 Å². The Labute approximate surface area is 288 Å². The van der Waals surface area contributed by atoms with Gasteiger partial charge in [-0.3, -0.25) is 19.1 Å². The summed E-state index contributed by atoms with van der Waals surface area (Å²) in [5, 5.41) is 7.07. The highest BCUT2D eigenvalue weighted by molar-refractivity contribution is 7.91. The zero-order valence-electron chi connectivity index (χ0n) is 28.3. The summed E-state index contributed by atoms with van der Waals surface area (Å²) in [5.74, 6) is -2.11. The number of amides is 3. The standard InChI is InChI=1S/C37H46N4O7S/c1-3-23-22-37(23,36(44)40-49(45,46)26-14-15-26)38-34(42)31-20-25-21-32(31)35(43)41(2)17-9-5-4-6-10-18-47-24-13-16-28-27-11-7-8-12-29(27)33(39-48-25)30(28)19-24/h7-8,11-13,16,19,23,25-26,31-32H,3-6,9-10,14-15,17-18,20-22H2,1-2H3,(H,38,42)(H,40,44)/b39-33+/t23-,25+,31+,32+,37-/m0/s1. The van der Waals surface area contributed by atoms with E-state index < -0.39 is 50.6 Å². The van der Waals surface area contributed by atoms with Crippen molar-refractivity contribution in [2.75, 3.05) is 20.2 Å². The predicted molar refractivity (Wildman–Crippen MR) is 184 cm³/mol. The number of carbonyl (C=O) groups is 3. The molecule has 0 spiro atoms. The fourth-order valence-corrected chi connectivity index (χ4v) is 9.21. The molecule has 0 aromatic heterocycles. The second-order valence-electron chi connectivity index (χ2n) is 14.4. The van der Waals surface area contributed by atoms with E-state index >= 15 is 0 Å². The van der Waals surface area contributed by atoms with Crippen LogP contribution in [0.5, 0.6) is 5.75 Å². The van der Waals surface area contributed by atoms with Gasteiger partial charge in [0, 0.05) is 24.7 Å². The Morgan fingerprint density at radius 2 is 1.71 bits per heavy atom. The first-order chi connectivity index (χ1) is 23.6. The molecular formula is C37H46N4O7S. The molecular weight excluding hydrogens is 644 g/mol. The number of sulfonamides is 1. The number of nitrogens with one attached hydrogen (secondary N) is 2. The number of oxime groups is 1. The Kier molecular flexibility index (Phi) is 9.19. The second kappa shape index (κ2) is 13.4. The molecule has 49 heavy (non-hydrogen) atoms. The third-order valence-electron chi connectivity index (χ3n) is 11.0. The van der Waals surface area contributed by atoms with Crippen molar-refractivity contribution < 1.29 is 32.4 Å². The third kappa shape index (κ3) is 6.68. The van der Waals surface area contributed by atoms with Crippen LogP contribution in [0.3, 0.4) is 0 Å². The lowest BCUT2D eigenvalue weighted by Crippen LogP contribution is -2.54. The summed E-state index contributed by atoms with van der Waals surface area (Å²) in [7, 11) is -2.01. The SMILES string of the molecule is CC[C@H]1C[C@@]1(NC(=O)[C@@H]1C[C@@H]2C[C@H]1C(=O)N(C)CCCCCCCOc1ccc3c(c1)/C(=N/O2)c1ccccc1-3)C(=O)NS(=O)(=O)C1CC1. The van der Waals surface area contributed by atoms with Gasteiger partial charge in [0.15, 0.2) is 0 Å². The topological polar surface area (TPSA) is 143 Å². The van der Waals surface area contributed by atoms with E-state index in [9.17, 15) is 22.8 Å². The van der Waals surface area contributed by atoms with Gasteiger partial charge in [-0.25, -0.2) is 8.42 Å². The lowest BCUT2D eigenvalue weighted by molar-refractivity contribution is -0.140. The molecule has 0 radical (unpaired) electrons. The van der Waals surface area contributed by atoms with E-state index in [4.69, 9.17) is 9.57 Å². The van der Waals surface area contributed by atoms with Gasteiger partial charge in [-0.1, -0.05) is 62.0 Å². The molecule has 4 bridgehead atoms. The molecule has 0 unspecified atom stereocenters. The molecule has 5 atom stereocenters. The van der Waals surface area contributed by atoms with Gasteiger partial charge < -0.3 is 19.8 Å². The lowest BCUT2D eigenvalue weighted by Gasteiger charge is -2.26. The van der Waals surface area contributed by atoms with Crippen molar-refractivity contribution in [3.05, 3.63) is 53.6 Å². The Bertz CT molecular complexity index is 1770. The Morgan fingerprint density at radius 1 is 0.980 bits per heavy atom. The maximum absolute atomic E-state index is 14.1. The molecule has 1 heterocycles. The molecule has 11 nitrogen and oxygen atoms in total. The number of rotatable bonds is 6. The predicted octanol–water partition coefficient (Wildman–Crippen LogP) is 4.53. The number of ether oxygens (including phenoxy) is 1. The molecule has 262 valence electrons. The normalized spacial score (nSPS) is 29.6. The van der Waals surface area contributed by atoms with Crippen LogP contribution in [0.25, 0.3) is 11.1 Å². The number of hydrogen-bond acceptors (Lipinski definition) is 8. The average molecular weight is 691 g/mol. The minimum Gasteiger partial charge on any atom is -0.494 e. The van der Waals surface area contributed by atoms with Gasteiger partial charge in [-0.15, -0.1) is 0 Å². The van der Waals surface area contributed by atoms with Crippen LogP contribution in [0.4, 0.5) is 0 Å². The summed E-state index contributed by atoms with van der Waals surface area (Å²) in [6.45, 7) is 3.11. The van der Waals surface area contributed by atoms with Crippen molar-refractivity contribution in [2.45, 2.75) is 94.4 Å². The molecule has 2 aromatic carbocycles. The quantitative estimate of drug-likeness (QED) is 0.387. The van der Waals surface area contributed by atoms with E-state index in [1.807, 2.05) is 37.3 Å². The molecule has 5 aliphatic rings. The smallest absolute Gasteiger partial charge is 0.259 e. The summed E-state index contributed by atoms with van der Waals surface area (Å²) >= 11 is 0. The first kappa shape index (κ1) is 33.6. The molecule has 1 aliphatic heterocycles. The molecule has 0 saturated heterocycles. The van der Waals surface area contributed by atoms with Gasteiger partial charge in [-0.05, 0) is 80.2 Å². The zero-order valence-corrected chi connectivity index (χ0v) is 29.1. The van der Waals surface area contributed by atoms with E-state index in [0.717, 1.165) is 60.1 Å². The van der Waals surface area contributed by atoms with Gasteiger partial charge in [-0.2, -0.15) is 0 Å². The van der Waals surface area contributed by atoms with Crippen LogP contribution >= 0.6 is 0 Å². The minimum atomic E-state index is -3.79. The number of carbonyl (C=O) groups excluding carboxylic acids is 3. The van der Waals surface area contributed by atoms with Crippen molar-refractivity contribution in [2.24, 2.45) is 22.9 Å². The molecule has 2 N–H and O–H groups in total. The van der Waals surface area contributed by atoms with Crippen molar-refractivity contribution in [1.82, 2.24) is 14.9 Å². The van der Waals surface area contributed by atoms with Crippen molar-refractivity contribution in [3.8, 4) is 16.9 Å². The molecule has 3 amide bonds. The highest BCUT2D eigenvalue weighted by Gasteiger charge is 2.62. The van der Waals surface area contributed by atoms with Gasteiger partial charge in [0.25, 0.3) is 5.91 Å². The van der Waals surface area contributed by atoms with E-state index in [1.54, 1.807) is 11.9 Å². The maximum atomic E-state index is 14.1. The van der Waals surface area contributed by atoms with Crippen LogP contribution in [0.2, 0.25) is 0 Å². The van der Waals surface area contributed by atoms with Crippen LogP contribution in [-0.2, 0) is 29.2 Å².